The predicted molar refractivity (Wildman–Crippen MR) is 78.8 cm³/mol. The third-order valence-corrected chi connectivity index (χ3v) is 3.97. The largest absolute Gasteiger partial charge is 0.310 e. The Morgan fingerprint density at radius 1 is 1.17 bits per heavy atom. The van der Waals surface area contributed by atoms with Crippen LogP contribution in [0.5, 0.6) is 0 Å². The minimum absolute atomic E-state index is 0.259. The fourth-order valence-electron chi connectivity index (χ4n) is 2.56. The Hall–Kier alpha value is -0.820. The van der Waals surface area contributed by atoms with E-state index >= 15 is 0 Å². The Balaban J connectivity index is 1.81. The van der Waals surface area contributed by atoms with Crippen LogP contribution in [0.25, 0.3) is 0 Å². The molecule has 0 radical (unpaired) electrons. The molecule has 0 saturated heterocycles. The van der Waals surface area contributed by atoms with Crippen molar-refractivity contribution in [2.24, 2.45) is 5.92 Å². The van der Waals surface area contributed by atoms with Crippen LogP contribution in [0.15, 0.2) is 24.3 Å². The first-order chi connectivity index (χ1) is 8.50. The fourth-order valence-corrected chi connectivity index (χ4v) is 2.56. The second-order valence-corrected chi connectivity index (χ2v) is 6.72. The highest BCUT2D eigenvalue weighted by atomic mass is 15.0. The van der Waals surface area contributed by atoms with Crippen molar-refractivity contribution in [1.82, 2.24) is 5.32 Å². The van der Waals surface area contributed by atoms with Crippen LogP contribution in [0, 0.1) is 5.92 Å². The maximum absolute atomic E-state index is 3.67. The van der Waals surface area contributed by atoms with Crippen molar-refractivity contribution in [3.05, 3.63) is 35.4 Å². The van der Waals surface area contributed by atoms with E-state index in [0.29, 0.717) is 0 Å². The number of nitrogens with one attached hydrogen (secondary N) is 1. The van der Waals surface area contributed by atoms with Crippen LogP contribution in [0.3, 0.4) is 0 Å². The van der Waals surface area contributed by atoms with E-state index in [9.17, 15) is 0 Å². The van der Waals surface area contributed by atoms with Gasteiger partial charge in [-0.3, -0.25) is 0 Å². The summed E-state index contributed by atoms with van der Waals surface area (Å²) < 4.78 is 0. The molecule has 1 aliphatic rings. The molecule has 1 aromatic rings. The summed E-state index contributed by atoms with van der Waals surface area (Å²) in [5.41, 5.74) is 3.08. The van der Waals surface area contributed by atoms with Crippen molar-refractivity contribution in [1.29, 1.82) is 0 Å². The first-order valence-electron chi connectivity index (χ1n) is 7.33. The average molecular weight is 245 g/mol. The molecule has 1 aliphatic carbocycles. The van der Waals surface area contributed by atoms with Crippen molar-refractivity contribution < 1.29 is 0 Å². The van der Waals surface area contributed by atoms with Gasteiger partial charge in [0.25, 0.3) is 0 Å². The van der Waals surface area contributed by atoms with E-state index in [1.54, 1.807) is 0 Å². The van der Waals surface area contributed by atoms with Crippen LogP contribution >= 0.6 is 0 Å². The summed E-state index contributed by atoms with van der Waals surface area (Å²) in [6.07, 6.45) is 4.09. The molecule has 1 aromatic carbocycles. The molecule has 1 N–H and O–H groups in total. The SMILES string of the molecule is CCCC1CC1NCc1ccc(C(C)(C)C)cc1. The van der Waals surface area contributed by atoms with Crippen molar-refractivity contribution in [2.45, 2.75) is 65.0 Å². The van der Waals surface area contributed by atoms with Gasteiger partial charge in [0.05, 0.1) is 0 Å². The highest BCUT2D eigenvalue weighted by Crippen LogP contribution is 2.34. The van der Waals surface area contributed by atoms with Crippen LogP contribution in [0.1, 0.15) is 58.1 Å². The zero-order valence-electron chi connectivity index (χ0n) is 12.3. The van der Waals surface area contributed by atoms with Crippen molar-refractivity contribution in [2.75, 3.05) is 0 Å². The number of rotatable bonds is 5. The van der Waals surface area contributed by atoms with Crippen LogP contribution in [-0.2, 0) is 12.0 Å². The van der Waals surface area contributed by atoms with Gasteiger partial charge in [0, 0.05) is 12.6 Å². The van der Waals surface area contributed by atoms with Crippen molar-refractivity contribution >= 4 is 0 Å². The Kier molecular flexibility index (Phi) is 4.11. The zero-order chi connectivity index (χ0) is 13.2. The summed E-state index contributed by atoms with van der Waals surface area (Å²) in [6, 6.07) is 9.86. The monoisotopic (exact) mass is 245 g/mol. The number of benzene rings is 1. The minimum atomic E-state index is 0.259. The maximum Gasteiger partial charge on any atom is 0.0208 e. The molecule has 0 aliphatic heterocycles. The molecule has 0 bridgehead atoms. The molecule has 0 heterocycles. The summed E-state index contributed by atoms with van der Waals surface area (Å²) >= 11 is 0. The highest BCUT2D eigenvalue weighted by molar-refractivity contribution is 5.27. The molecule has 1 nitrogen and oxygen atoms in total. The topological polar surface area (TPSA) is 12.0 Å². The highest BCUT2D eigenvalue weighted by Gasteiger charge is 2.35. The molecule has 2 atom stereocenters. The van der Waals surface area contributed by atoms with Crippen LogP contribution in [0.2, 0.25) is 0 Å². The van der Waals surface area contributed by atoms with Gasteiger partial charge >= 0.3 is 0 Å². The van der Waals surface area contributed by atoms with Crippen LogP contribution in [0.4, 0.5) is 0 Å². The molecule has 100 valence electrons. The summed E-state index contributed by atoms with van der Waals surface area (Å²) in [5.74, 6) is 0.948. The zero-order valence-corrected chi connectivity index (χ0v) is 12.3. The molecule has 18 heavy (non-hydrogen) atoms. The molecule has 0 aromatic heterocycles. The van der Waals surface area contributed by atoms with Crippen molar-refractivity contribution in [3.8, 4) is 0 Å². The molecule has 0 spiro atoms. The average Bonchev–Trinajstić information content (AvgIpc) is 3.05. The van der Waals surface area contributed by atoms with E-state index in [1.807, 2.05) is 0 Å². The second kappa shape index (κ2) is 5.44. The molecule has 1 fully saturated rings. The number of hydrogen-bond donors (Lipinski definition) is 1. The van der Waals surface area contributed by atoms with Gasteiger partial charge < -0.3 is 5.32 Å². The van der Waals surface area contributed by atoms with Gasteiger partial charge in [-0.1, -0.05) is 58.4 Å². The third kappa shape index (κ3) is 3.58. The minimum Gasteiger partial charge on any atom is -0.310 e. The lowest BCUT2D eigenvalue weighted by molar-refractivity contribution is 0.587. The molecule has 2 unspecified atom stereocenters. The van der Waals surface area contributed by atoms with E-state index in [1.165, 1.54) is 30.4 Å². The van der Waals surface area contributed by atoms with E-state index in [-0.39, 0.29) is 5.41 Å². The summed E-state index contributed by atoms with van der Waals surface area (Å²) in [4.78, 5) is 0. The van der Waals surface area contributed by atoms with Crippen LogP contribution in [-0.4, -0.2) is 6.04 Å². The summed E-state index contributed by atoms with van der Waals surface area (Å²) in [5, 5.41) is 3.67. The van der Waals surface area contributed by atoms with Gasteiger partial charge in [-0.2, -0.15) is 0 Å². The molecule has 0 amide bonds. The molecule has 1 saturated carbocycles. The lowest BCUT2D eigenvalue weighted by Gasteiger charge is -2.19. The molecule has 1 heteroatoms. The maximum atomic E-state index is 3.67. The van der Waals surface area contributed by atoms with E-state index in [4.69, 9.17) is 0 Å². The molecule has 2 rings (SSSR count). The van der Waals surface area contributed by atoms with Gasteiger partial charge in [-0.15, -0.1) is 0 Å². The fraction of sp³-hybridized carbons (Fsp3) is 0.647. The lowest BCUT2D eigenvalue weighted by Crippen LogP contribution is -2.18. The summed E-state index contributed by atoms with van der Waals surface area (Å²) in [6.45, 7) is 10.1. The standard InChI is InChI=1S/C17H27N/c1-5-6-14-11-16(14)18-12-13-7-9-15(10-8-13)17(2,3)4/h7-10,14,16,18H,5-6,11-12H2,1-4H3. The van der Waals surface area contributed by atoms with Crippen molar-refractivity contribution in [3.63, 3.8) is 0 Å². The smallest absolute Gasteiger partial charge is 0.0208 e. The third-order valence-electron chi connectivity index (χ3n) is 3.97. The van der Waals surface area contributed by atoms with E-state index < -0.39 is 0 Å². The Bertz CT molecular complexity index is 372. The normalized spacial score (nSPS) is 23.1. The Labute approximate surface area is 112 Å². The van der Waals surface area contributed by atoms with Gasteiger partial charge in [0.2, 0.25) is 0 Å². The van der Waals surface area contributed by atoms with Crippen LogP contribution < -0.4 is 5.32 Å². The second-order valence-electron chi connectivity index (χ2n) is 6.72. The van der Waals surface area contributed by atoms with E-state index in [2.05, 4.69) is 57.3 Å². The first-order valence-corrected chi connectivity index (χ1v) is 7.33. The lowest BCUT2D eigenvalue weighted by atomic mass is 9.87. The predicted octanol–water partition coefficient (Wildman–Crippen LogP) is 4.26. The van der Waals surface area contributed by atoms with E-state index in [0.717, 1.165) is 18.5 Å². The van der Waals surface area contributed by atoms with Gasteiger partial charge in [0.15, 0.2) is 0 Å². The Morgan fingerprint density at radius 3 is 2.39 bits per heavy atom. The van der Waals surface area contributed by atoms with Gasteiger partial charge in [0.1, 0.15) is 0 Å². The number of hydrogen-bond acceptors (Lipinski definition) is 1. The summed E-state index contributed by atoms with van der Waals surface area (Å²) in [7, 11) is 0. The Morgan fingerprint density at radius 2 is 1.83 bits per heavy atom. The molecular formula is C17H27N. The molecular weight excluding hydrogens is 218 g/mol. The van der Waals surface area contributed by atoms with Gasteiger partial charge in [-0.25, -0.2) is 0 Å². The quantitative estimate of drug-likeness (QED) is 0.817. The van der Waals surface area contributed by atoms with Gasteiger partial charge in [-0.05, 0) is 35.3 Å². The first kappa shape index (κ1) is 13.6.